The number of aromatic nitrogens is 2. The molecule has 1 amide bonds. The Morgan fingerprint density at radius 1 is 1.22 bits per heavy atom. The monoisotopic (exact) mass is 401 g/mol. The Morgan fingerprint density at radius 3 is 2.48 bits per heavy atom. The molecule has 0 fully saturated rings. The van der Waals surface area contributed by atoms with Crippen molar-refractivity contribution in [3.63, 3.8) is 0 Å². The minimum absolute atomic E-state index is 0.0536. The molecule has 3 aromatic rings. The highest BCUT2D eigenvalue weighted by Crippen LogP contribution is 2.25. The molecule has 142 valence electrons. The normalized spacial score (nSPS) is 11.1. The van der Waals surface area contributed by atoms with Crippen LogP contribution in [0.5, 0.6) is 0 Å². The van der Waals surface area contributed by atoms with Gasteiger partial charge in [0.05, 0.1) is 5.39 Å². The van der Waals surface area contributed by atoms with Crippen molar-refractivity contribution in [1.29, 1.82) is 0 Å². The van der Waals surface area contributed by atoms with Crippen LogP contribution in [-0.4, -0.2) is 21.7 Å². The van der Waals surface area contributed by atoms with Gasteiger partial charge in [-0.15, -0.1) is 11.3 Å². The number of fused-ring (bicyclic) bond motifs is 1. The molecule has 0 radical (unpaired) electrons. The lowest BCUT2D eigenvalue weighted by Crippen LogP contribution is -2.29. The van der Waals surface area contributed by atoms with Crippen LogP contribution < -0.4 is 10.9 Å². The number of thioether (sulfide) groups is 1. The average molecular weight is 402 g/mol. The van der Waals surface area contributed by atoms with Crippen molar-refractivity contribution >= 4 is 44.9 Å². The average Bonchev–Trinajstić information content (AvgIpc) is 3.04. The van der Waals surface area contributed by atoms with Gasteiger partial charge in [-0.1, -0.05) is 36.4 Å². The molecule has 3 rings (SSSR count). The molecular formula is C20H23N3O2S2. The van der Waals surface area contributed by atoms with Crippen LogP contribution in [0.3, 0.4) is 0 Å². The molecule has 1 N–H and O–H groups in total. The van der Waals surface area contributed by atoms with Gasteiger partial charge in [-0.3, -0.25) is 14.2 Å². The summed E-state index contributed by atoms with van der Waals surface area (Å²) in [6.07, 6.45) is 2.73. The van der Waals surface area contributed by atoms with Crippen molar-refractivity contribution in [2.75, 3.05) is 11.6 Å². The molecule has 0 saturated carbocycles. The zero-order valence-corrected chi connectivity index (χ0v) is 17.8. The number of anilines is 1. The van der Waals surface area contributed by atoms with Gasteiger partial charge < -0.3 is 5.32 Å². The summed E-state index contributed by atoms with van der Waals surface area (Å²) in [6.45, 7) is 7.98. The standard InChI is InChI=1S/C20H23N3O2S2/c1-6-14-9-15-18(27-14)22-20(26-5)23(19(15)25)10-16(24)21-17-12(3)7-11(2)8-13(17)4/h7-9H,6,10H2,1-5H3,(H,21,24). The first-order valence-electron chi connectivity index (χ1n) is 8.79. The zero-order valence-electron chi connectivity index (χ0n) is 16.2. The van der Waals surface area contributed by atoms with E-state index in [0.29, 0.717) is 10.5 Å². The number of thiophene rings is 1. The first-order chi connectivity index (χ1) is 12.8. The zero-order chi connectivity index (χ0) is 19.7. The van der Waals surface area contributed by atoms with Crippen LogP contribution in [0.1, 0.15) is 28.5 Å². The van der Waals surface area contributed by atoms with Crippen LogP contribution in [0.2, 0.25) is 0 Å². The Hall–Kier alpha value is -2.12. The molecule has 0 atom stereocenters. The van der Waals surface area contributed by atoms with Crippen molar-refractivity contribution < 1.29 is 4.79 Å². The van der Waals surface area contributed by atoms with Crippen LogP contribution in [-0.2, 0) is 17.8 Å². The maximum absolute atomic E-state index is 12.9. The molecule has 0 unspecified atom stereocenters. The highest BCUT2D eigenvalue weighted by atomic mass is 32.2. The molecule has 0 saturated heterocycles. The van der Waals surface area contributed by atoms with E-state index in [9.17, 15) is 9.59 Å². The van der Waals surface area contributed by atoms with Gasteiger partial charge in [-0.2, -0.15) is 0 Å². The number of nitrogens with one attached hydrogen (secondary N) is 1. The molecule has 0 bridgehead atoms. The van der Waals surface area contributed by atoms with E-state index in [4.69, 9.17) is 0 Å². The number of nitrogens with zero attached hydrogens (tertiary/aromatic N) is 2. The van der Waals surface area contributed by atoms with E-state index < -0.39 is 0 Å². The summed E-state index contributed by atoms with van der Waals surface area (Å²) in [7, 11) is 0. The number of hydrogen-bond donors (Lipinski definition) is 1. The number of carbonyl (C=O) groups is 1. The van der Waals surface area contributed by atoms with Gasteiger partial charge >= 0.3 is 0 Å². The highest BCUT2D eigenvalue weighted by molar-refractivity contribution is 7.98. The molecule has 0 spiro atoms. The third-order valence-corrected chi connectivity index (χ3v) is 6.29. The molecule has 0 aliphatic heterocycles. The van der Waals surface area contributed by atoms with Crippen LogP contribution in [0.15, 0.2) is 28.2 Å². The lowest BCUT2D eigenvalue weighted by Gasteiger charge is -2.14. The van der Waals surface area contributed by atoms with E-state index in [-0.39, 0.29) is 18.0 Å². The van der Waals surface area contributed by atoms with Gasteiger partial charge in [0.25, 0.3) is 5.56 Å². The van der Waals surface area contributed by atoms with Gasteiger partial charge in [-0.05, 0) is 50.6 Å². The van der Waals surface area contributed by atoms with Crippen molar-refractivity contribution in [2.24, 2.45) is 0 Å². The predicted molar refractivity (Wildman–Crippen MR) is 114 cm³/mol. The molecule has 1 aromatic carbocycles. The number of hydrogen-bond acceptors (Lipinski definition) is 5. The van der Waals surface area contributed by atoms with Gasteiger partial charge in [-0.25, -0.2) is 4.98 Å². The van der Waals surface area contributed by atoms with Gasteiger partial charge in [0, 0.05) is 10.6 Å². The van der Waals surface area contributed by atoms with E-state index in [2.05, 4.69) is 17.2 Å². The van der Waals surface area contributed by atoms with E-state index in [1.165, 1.54) is 27.7 Å². The van der Waals surface area contributed by atoms with Crippen LogP contribution in [0.25, 0.3) is 10.2 Å². The Morgan fingerprint density at radius 2 is 1.89 bits per heavy atom. The van der Waals surface area contributed by atoms with Crippen LogP contribution >= 0.6 is 23.1 Å². The molecule has 5 nitrogen and oxygen atoms in total. The molecule has 2 aromatic heterocycles. The fourth-order valence-corrected chi connectivity index (χ4v) is 4.78. The van der Waals surface area contributed by atoms with Crippen LogP contribution in [0.4, 0.5) is 5.69 Å². The van der Waals surface area contributed by atoms with Crippen molar-refractivity contribution in [1.82, 2.24) is 9.55 Å². The molecule has 2 heterocycles. The van der Waals surface area contributed by atoms with Crippen molar-refractivity contribution in [3.8, 4) is 0 Å². The Labute approximate surface area is 166 Å². The molecule has 27 heavy (non-hydrogen) atoms. The van der Waals surface area contributed by atoms with Crippen molar-refractivity contribution in [2.45, 2.75) is 45.8 Å². The number of benzene rings is 1. The highest BCUT2D eigenvalue weighted by Gasteiger charge is 2.16. The minimum Gasteiger partial charge on any atom is -0.324 e. The van der Waals surface area contributed by atoms with Gasteiger partial charge in [0.1, 0.15) is 11.4 Å². The van der Waals surface area contributed by atoms with E-state index >= 15 is 0 Å². The number of aryl methyl sites for hydroxylation is 4. The second-order valence-electron chi connectivity index (χ2n) is 6.60. The number of rotatable bonds is 5. The summed E-state index contributed by atoms with van der Waals surface area (Å²) in [4.78, 5) is 32.1. The van der Waals surface area contributed by atoms with Gasteiger partial charge in [0.2, 0.25) is 5.91 Å². The molecule has 0 aliphatic rings. The van der Waals surface area contributed by atoms with E-state index in [1.807, 2.05) is 45.2 Å². The fourth-order valence-electron chi connectivity index (χ4n) is 3.22. The topological polar surface area (TPSA) is 64.0 Å². The second-order valence-corrected chi connectivity index (χ2v) is 8.49. The minimum atomic E-state index is -0.227. The fraction of sp³-hybridized carbons (Fsp3) is 0.350. The third kappa shape index (κ3) is 3.94. The maximum atomic E-state index is 12.9. The van der Waals surface area contributed by atoms with E-state index in [1.54, 1.807) is 0 Å². The summed E-state index contributed by atoms with van der Waals surface area (Å²) >= 11 is 2.91. The van der Waals surface area contributed by atoms with Crippen LogP contribution in [0, 0.1) is 20.8 Å². The summed E-state index contributed by atoms with van der Waals surface area (Å²) in [5, 5.41) is 4.11. The molecule has 0 aliphatic carbocycles. The Bertz CT molecular complexity index is 1060. The first kappa shape index (κ1) is 19.6. The first-order valence-corrected chi connectivity index (χ1v) is 10.8. The lowest BCUT2D eigenvalue weighted by atomic mass is 10.1. The lowest BCUT2D eigenvalue weighted by molar-refractivity contribution is -0.116. The predicted octanol–water partition coefficient (Wildman–Crippen LogP) is 4.31. The summed E-state index contributed by atoms with van der Waals surface area (Å²) in [5.41, 5.74) is 3.83. The van der Waals surface area contributed by atoms with E-state index in [0.717, 1.165) is 38.5 Å². The maximum Gasteiger partial charge on any atom is 0.263 e. The SMILES string of the molecule is CCc1cc2c(=O)n(CC(=O)Nc3c(C)cc(C)cc3C)c(SC)nc2s1. The summed E-state index contributed by atoms with van der Waals surface area (Å²) < 4.78 is 1.47. The molecule has 7 heteroatoms. The Balaban J connectivity index is 1.95. The number of amides is 1. The smallest absolute Gasteiger partial charge is 0.263 e. The quantitative estimate of drug-likeness (QED) is 0.511. The Kier molecular flexibility index (Phi) is 5.72. The third-order valence-electron chi connectivity index (χ3n) is 4.44. The summed E-state index contributed by atoms with van der Waals surface area (Å²) in [6, 6.07) is 5.96. The van der Waals surface area contributed by atoms with Crippen molar-refractivity contribution in [3.05, 3.63) is 50.1 Å². The largest absolute Gasteiger partial charge is 0.324 e. The summed E-state index contributed by atoms with van der Waals surface area (Å²) in [5.74, 6) is -0.227. The molecular weight excluding hydrogens is 378 g/mol. The van der Waals surface area contributed by atoms with Gasteiger partial charge in [0.15, 0.2) is 5.16 Å². The second kappa shape index (κ2) is 7.86. The number of carbonyl (C=O) groups excluding carboxylic acids is 1.